The minimum atomic E-state index is 0.608. The predicted molar refractivity (Wildman–Crippen MR) is 140 cm³/mol. The molecule has 5 aromatic carbocycles. The second-order valence-electron chi connectivity index (χ2n) is 8.20. The Labute approximate surface area is 194 Å². The summed E-state index contributed by atoms with van der Waals surface area (Å²) in [6.45, 7) is 0. The van der Waals surface area contributed by atoms with Crippen molar-refractivity contribution in [1.82, 2.24) is 4.57 Å². The summed E-state index contributed by atoms with van der Waals surface area (Å²) >= 11 is 1.84. The van der Waals surface area contributed by atoms with E-state index in [2.05, 4.69) is 83.4 Å². The lowest BCUT2D eigenvalue weighted by Crippen LogP contribution is -1.99. The minimum absolute atomic E-state index is 0.608. The van der Waals surface area contributed by atoms with Crippen LogP contribution in [0.2, 0.25) is 0 Å². The van der Waals surface area contributed by atoms with Crippen molar-refractivity contribution >= 4 is 71.8 Å². The summed E-state index contributed by atoms with van der Waals surface area (Å²) in [7, 11) is 0.728. The second kappa shape index (κ2) is 7.10. The summed E-state index contributed by atoms with van der Waals surface area (Å²) in [6, 6.07) is 34.1. The maximum atomic E-state index is 9.14. The van der Waals surface area contributed by atoms with Gasteiger partial charge >= 0.3 is 7.69 Å². The lowest BCUT2D eigenvalue weighted by Gasteiger charge is -2.09. The highest BCUT2D eigenvalue weighted by Gasteiger charge is 2.16. The lowest BCUT2D eigenvalue weighted by molar-refractivity contribution is 0.454. The first-order valence-electron chi connectivity index (χ1n) is 10.8. The van der Waals surface area contributed by atoms with Crippen LogP contribution in [0.4, 0.5) is 0 Å². The van der Waals surface area contributed by atoms with Crippen molar-refractivity contribution < 1.29 is 9.68 Å². The molecule has 0 aliphatic carbocycles. The van der Waals surface area contributed by atoms with Crippen LogP contribution in [0.25, 0.3) is 58.4 Å². The quantitative estimate of drug-likeness (QED) is 0.294. The summed E-state index contributed by atoms with van der Waals surface area (Å²) < 4.78 is 10.2. The molecule has 0 bridgehead atoms. The summed E-state index contributed by atoms with van der Waals surface area (Å²) in [5.74, 6) is 0.608. The van der Waals surface area contributed by atoms with E-state index < -0.39 is 0 Å². The minimum Gasteiger partial charge on any atom is -0.537 e. The van der Waals surface area contributed by atoms with Crippen LogP contribution in [0.15, 0.2) is 97.1 Å². The molecule has 1 N–H and O–H groups in total. The molecule has 155 valence electrons. The van der Waals surface area contributed by atoms with Crippen molar-refractivity contribution in [2.75, 3.05) is 0 Å². The first-order valence-corrected chi connectivity index (χ1v) is 11.6. The molecule has 7 rings (SSSR count). The zero-order valence-electron chi connectivity index (χ0n) is 17.5. The van der Waals surface area contributed by atoms with Gasteiger partial charge in [0.25, 0.3) is 0 Å². The molecule has 0 aliphatic heterocycles. The van der Waals surface area contributed by atoms with Gasteiger partial charge in [-0.2, -0.15) is 0 Å². The Kier molecular flexibility index (Phi) is 4.04. The normalized spacial score (nSPS) is 11.8. The molecule has 0 spiro atoms. The van der Waals surface area contributed by atoms with Gasteiger partial charge < -0.3 is 14.2 Å². The Hall–Kier alpha value is -3.80. The average molecular weight is 442 g/mol. The summed E-state index contributed by atoms with van der Waals surface area (Å²) in [5, 5.41) is 16.5. The van der Waals surface area contributed by atoms with Crippen molar-refractivity contribution in [2.24, 2.45) is 0 Å². The van der Waals surface area contributed by atoms with Crippen molar-refractivity contribution in [3.05, 3.63) is 97.1 Å². The Bertz CT molecular complexity index is 1840. The molecule has 2 aromatic heterocycles. The third kappa shape index (κ3) is 2.73. The molecule has 1 radical (unpaired) electrons. The van der Waals surface area contributed by atoms with Crippen molar-refractivity contribution in [1.29, 1.82) is 0 Å². The van der Waals surface area contributed by atoms with Crippen LogP contribution in [0.3, 0.4) is 0 Å². The van der Waals surface area contributed by atoms with Crippen LogP contribution >= 0.6 is 11.3 Å². The first kappa shape index (κ1) is 18.7. The van der Waals surface area contributed by atoms with E-state index in [1.54, 1.807) is 0 Å². The summed E-state index contributed by atoms with van der Waals surface area (Å²) in [4.78, 5) is 0. The van der Waals surface area contributed by atoms with E-state index in [0.717, 1.165) is 35.2 Å². The van der Waals surface area contributed by atoms with Crippen molar-refractivity contribution in [3.63, 3.8) is 0 Å². The van der Waals surface area contributed by atoms with Gasteiger partial charge in [0.1, 0.15) is 5.75 Å². The standard InChI is InChI=1S/C28H17BNO2S/c31-29-32-19-11-12-24-23(15-19)22-14-17-10-13-27-28(20-8-4-5-9-26(20)33-27)21(17)16-25(22)30(24)18-6-2-1-3-7-18/h1-16,31H. The zero-order valence-corrected chi connectivity index (χ0v) is 18.3. The fourth-order valence-electron chi connectivity index (χ4n) is 5.03. The number of fused-ring (bicyclic) bond motifs is 8. The summed E-state index contributed by atoms with van der Waals surface area (Å²) in [5.41, 5.74) is 3.36. The van der Waals surface area contributed by atoms with Crippen LogP contribution in [-0.2, 0) is 0 Å². The Balaban J connectivity index is 1.67. The topological polar surface area (TPSA) is 34.4 Å². The Morgan fingerprint density at radius 2 is 1.48 bits per heavy atom. The van der Waals surface area contributed by atoms with Gasteiger partial charge in [-0.15, -0.1) is 11.3 Å². The van der Waals surface area contributed by atoms with E-state index in [0.29, 0.717) is 5.75 Å². The molecular weight excluding hydrogens is 425 g/mol. The number of para-hydroxylation sites is 1. The van der Waals surface area contributed by atoms with E-state index in [-0.39, 0.29) is 0 Å². The highest BCUT2D eigenvalue weighted by Crippen LogP contribution is 2.42. The van der Waals surface area contributed by atoms with Crippen LogP contribution in [-0.4, -0.2) is 17.3 Å². The molecule has 0 saturated carbocycles. The molecule has 2 heterocycles. The third-order valence-electron chi connectivity index (χ3n) is 6.42. The van der Waals surface area contributed by atoms with Gasteiger partial charge in [-0.1, -0.05) is 42.5 Å². The van der Waals surface area contributed by atoms with E-state index in [1.165, 1.54) is 30.9 Å². The van der Waals surface area contributed by atoms with Crippen molar-refractivity contribution in [2.45, 2.75) is 0 Å². The molecule has 0 saturated heterocycles. The van der Waals surface area contributed by atoms with E-state index in [4.69, 9.17) is 9.68 Å². The number of aromatic nitrogens is 1. The fourth-order valence-corrected chi connectivity index (χ4v) is 6.15. The van der Waals surface area contributed by atoms with Gasteiger partial charge in [-0.05, 0) is 65.4 Å². The molecular formula is C28H17BNO2S. The molecule has 0 fully saturated rings. The predicted octanol–water partition coefficient (Wildman–Crippen LogP) is 7.21. The lowest BCUT2D eigenvalue weighted by atomic mass is 10.0. The maximum absolute atomic E-state index is 9.14. The second-order valence-corrected chi connectivity index (χ2v) is 9.28. The molecule has 0 unspecified atom stereocenters. The Morgan fingerprint density at radius 1 is 0.667 bits per heavy atom. The molecule has 5 heteroatoms. The SMILES string of the molecule is O[B]Oc1ccc2c(c1)c1cc3ccc4sc5ccccc5c4c3cc1n2-c1ccccc1. The highest BCUT2D eigenvalue weighted by atomic mass is 32.1. The number of hydrogen-bond donors (Lipinski definition) is 1. The van der Waals surface area contributed by atoms with Crippen LogP contribution in [0.1, 0.15) is 0 Å². The highest BCUT2D eigenvalue weighted by molar-refractivity contribution is 7.26. The summed E-state index contributed by atoms with van der Waals surface area (Å²) in [6.07, 6.45) is 0. The first-order chi connectivity index (χ1) is 16.3. The molecule has 0 aliphatic rings. The third-order valence-corrected chi connectivity index (χ3v) is 7.55. The van der Waals surface area contributed by atoms with Gasteiger partial charge in [-0.25, -0.2) is 0 Å². The number of benzene rings is 5. The average Bonchev–Trinajstić information content (AvgIpc) is 3.39. The monoisotopic (exact) mass is 442 g/mol. The van der Waals surface area contributed by atoms with Gasteiger partial charge in [0.05, 0.1) is 11.0 Å². The maximum Gasteiger partial charge on any atom is 0.569 e. The molecule has 3 nitrogen and oxygen atoms in total. The van der Waals surface area contributed by atoms with Gasteiger partial charge in [0.15, 0.2) is 0 Å². The number of rotatable bonds is 3. The number of hydrogen-bond acceptors (Lipinski definition) is 3. The van der Waals surface area contributed by atoms with Gasteiger partial charge in [0, 0.05) is 36.6 Å². The largest absolute Gasteiger partial charge is 0.569 e. The molecule has 0 amide bonds. The zero-order chi connectivity index (χ0) is 21.9. The molecule has 7 aromatic rings. The van der Waals surface area contributed by atoms with Crippen LogP contribution in [0.5, 0.6) is 5.75 Å². The smallest absolute Gasteiger partial charge is 0.537 e. The molecule has 33 heavy (non-hydrogen) atoms. The van der Waals surface area contributed by atoms with Crippen LogP contribution in [0, 0.1) is 0 Å². The van der Waals surface area contributed by atoms with Crippen molar-refractivity contribution in [3.8, 4) is 11.4 Å². The van der Waals surface area contributed by atoms with Gasteiger partial charge in [0.2, 0.25) is 0 Å². The number of nitrogens with zero attached hydrogens (tertiary/aromatic N) is 1. The van der Waals surface area contributed by atoms with E-state index >= 15 is 0 Å². The van der Waals surface area contributed by atoms with Crippen LogP contribution < -0.4 is 4.65 Å². The molecule has 0 atom stereocenters. The fraction of sp³-hybridized carbons (Fsp3) is 0. The Morgan fingerprint density at radius 3 is 2.36 bits per heavy atom. The van der Waals surface area contributed by atoms with E-state index in [1.807, 2.05) is 29.5 Å². The van der Waals surface area contributed by atoms with E-state index in [9.17, 15) is 0 Å². The van der Waals surface area contributed by atoms with Gasteiger partial charge in [-0.3, -0.25) is 0 Å². The number of thiophene rings is 1.